The first-order valence-electron chi connectivity index (χ1n) is 8.30. The van der Waals surface area contributed by atoms with Crippen LogP contribution in [0, 0.1) is 0 Å². The first-order valence-corrected chi connectivity index (χ1v) is 8.68. The molecule has 0 unspecified atom stereocenters. The normalized spacial score (nSPS) is 11.4. The number of nitrogens with one attached hydrogen (secondary N) is 1. The van der Waals surface area contributed by atoms with Gasteiger partial charge in [0.25, 0.3) is 5.91 Å². The lowest BCUT2D eigenvalue weighted by Gasteiger charge is -2.07. The Morgan fingerprint density at radius 2 is 1.64 bits per heavy atom. The Hall–Kier alpha value is -3.58. The largest absolute Gasteiger partial charge is 0.486 e. The fourth-order valence-corrected chi connectivity index (χ4v) is 2.18. The molecule has 28 heavy (non-hydrogen) atoms. The summed E-state index contributed by atoms with van der Waals surface area (Å²) < 4.78 is 5.67. The Bertz CT molecular complexity index is 961. The third kappa shape index (κ3) is 6.00. The van der Waals surface area contributed by atoms with E-state index in [1.807, 2.05) is 0 Å². The van der Waals surface area contributed by atoms with Gasteiger partial charge in [-0.05, 0) is 54.1 Å². The average Bonchev–Trinajstić information content (AvgIpc) is 2.75. The van der Waals surface area contributed by atoms with Gasteiger partial charge < -0.3 is 4.74 Å². The predicted molar refractivity (Wildman–Crippen MR) is 108 cm³/mol. The number of aromatic nitrogens is 2. The van der Waals surface area contributed by atoms with Crippen molar-refractivity contribution in [3.63, 3.8) is 0 Å². The lowest BCUT2D eigenvalue weighted by atomic mass is 10.3. The van der Waals surface area contributed by atoms with Gasteiger partial charge in [-0.15, -0.1) is 0 Å². The van der Waals surface area contributed by atoms with Crippen LogP contribution in [0.25, 0.3) is 0 Å². The van der Waals surface area contributed by atoms with E-state index in [4.69, 9.17) is 16.3 Å². The second kappa shape index (κ2) is 9.94. The molecule has 0 aliphatic heterocycles. The third-order valence-electron chi connectivity index (χ3n) is 3.48. The molecule has 2 heterocycles. The average molecular weight is 394 g/mol. The van der Waals surface area contributed by atoms with Crippen molar-refractivity contribution in [2.45, 2.75) is 0 Å². The van der Waals surface area contributed by atoms with Crippen LogP contribution in [0.2, 0.25) is 5.02 Å². The Balaban J connectivity index is 1.72. The second-order valence-corrected chi connectivity index (χ2v) is 5.92. The minimum Gasteiger partial charge on any atom is -0.486 e. The Kier molecular flexibility index (Phi) is 6.81. The Morgan fingerprint density at radius 1 is 1.00 bits per heavy atom. The van der Waals surface area contributed by atoms with E-state index in [1.54, 1.807) is 67.1 Å². The molecule has 2 aromatic heterocycles. The number of hydrogen-bond acceptors (Lipinski definition) is 5. The van der Waals surface area contributed by atoms with Crippen LogP contribution in [0.3, 0.4) is 0 Å². The van der Waals surface area contributed by atoms with Crippen LogP contribution in [0.4, 0.5) is 0 Å². The molecule has 0 fully saturated rings. The van der Waals surface area contributed by atoms with Crippen LogP contribution in [0.5, 0.6) is 5.75 Å². The van der Waals surface area contributed by atoms with Crippen molar-refractivity contribution in [1.29, 1.82) is 0 Å². The van der Waals surface area contributed by atoms with Gasteiger partial charge in [-0.2, -0.15) is 5.10 Å². The molecule has 1 amide bonds. The molecule has 0 spiro atoms. The standard InChI is InChI=1S/C20H16ClN5O2/c21-17-1-3-18(4-2-17)28-14-19(24-13-15-5-9-22-10-6-15)25-26-20(27)16-7-11-23-12-8-16/h1-13H,14H2,(H,26,27)/b24-13?,25-19+. The number of carbonyl (C=O) groups excluding carboxylic acids is 1. The van der Waals surface area contributed by atoms with Crippen molar-refractivity contribution in [2.24, 2.45) is 10.1 Å². The molecular weight excluding hydrogens is 378 g/mol. The van der Waals surface area contributed by atoms with E-state index in [0.29, 0.717) is 16.3 Å². The summed E-state index contributed by atoms with van der Waals surface area (Å²) in [7, 11) is 0. The maximum atomic E-state index is 12.2. The van der Waals surface area contributed by atoms with Gasteiger partial charge in [-0.25, -0.2) is 10.4 Å². The summed E-state index contributed by atoms with van der Waals surface area (Å²) >= 11 is 5.87. The SMILES string of the molecule is O=C(N/N=C(\COc1ccc(Cl)cc1)N=Cc1ccncc1)c1ccncc1. The van der Waals surface area contributed by atoms with Gasteiger partial charge in [-0.3, -0.25) is 14.8 Å². The molecule has 140 valence electrons. The molecule has 3 aromatic rings. The zero-order valence-electron chi connectivity index (χ0n) is 14.7. The van der Waals surface area contributed by atoms with Gasteiger partial charge in [0.2, 0.25) is 0 Å². The number of rotatable bonds is 6. The number of nitrogens with zero attached hydrogens (tertiary/aromatic N) is 4. The molecule has 0 saturated heterocycles. The molecule has 1 N–H and O–H groups in total. The summed E-state index contributed by atoms with van der Waals surface area (Å²) in [5.41, 5.74) is 3.76. The number of hydrazone groups is 1. The van der Waals surface area contributed by atoms with Crippen LogP contribution < -0.4 is 10.2 Å². The fourth-order valence-electron chi connectivity index (χ4n) is 2.06. The summed E-state index contributed by atoms with van der Waals surface area (Å²) in [5.74, 6) is 0.524. The van der Waals surface area contributed by atoms with Gasteiger partial charge in [0, 0.05) is 41.6 Å². The van der Waals surface area contributed by atoms with Gasteiger partial charge in [0.1, 0.15) is 12.4 Å². The number of benzene rings is 1. The molecule has 8 heteroatoms. The molecular formula is C20H16ClN5O2. The summed E-state index contributed by atoms with van der Waals surface area (Å²) in [6.45, 7) is 0.0554. The quantitative estimate of drug-likeness (QED) is 0.395. The zero-order valence-corrected chi connectivity index (χ0v) is 15.5. The van der Waals surface area contributed by atoms with E-state index >= 15 is 0 Å². The van der Waals surface area contributed by atoms with Crippen molar-refractivity contribution in [3.8, 4) is 5.75 Å². The van der Waals surface area contributed by atoms with Crippen molar-refractivity contribution < 1.29 is 9.53 Å². The summed E-state index contributed by atoms with van der Waals surface area (Å²) in [4.78, 5) is 24.3. The monoisotopic (exact) mass is 393 g/mol. The van der Waals surface area contributed by atoms with Gasteiger partial charge in [0.05, 0.1) is 0 Å². The molecule has 0 radical (unpaired) electrons. The van der Waals surface area contributed by atoms with Gasteiger partial charge in [-0.1, -0.05) is 11.6 Å². The molecule has 0 bridgehead atoms. The van der Waals surface area contributed by atoms with Gasteiger partial charge >= 0.3 is 0 Å². The number of hydrogen-bond donors (Lipinski definition) is 1. The van der Waals surface area contributed by atoms with E-state index in [1.165, 1.54) is 12.4 Å². The van der Waals surface area contributed by atoms with Crippen LogP contribution in [0.15, 0.2) is 83.4 Å². The van der Waals surface area contributed by atoms with Crippen LogP contribution >= 0.6 is 11.6 Å². The highest BCUT2D eigenvalue weighted by Gasteiger charge is 2.05. The number of halogens is 1. The molecule has 0 aliphatic carbocycles. The third-order valence-corrected chi connectivity index (χ3v) is 3.73. The first kappa shape index (κ1) is 19.2. The summed E-state index contributed by atoms with van der Waals surface area (Å²) in [6, 6.07) is 13.7. The highest BCUT2D eigenvalue weighted by atomic mass is 35.5. The van der Waals surface area contributed by atoms with Crippen molar-refractivity contribution >= 4 is 29.6 Å². The predicted octanol–water partition coefficient (Wildman–Crippen LogP) is 3.37. The van der Waals surface area contributed by atoms with Crippen LogP contribution in [-0.4, -0.2) is 34.5 Å². The lowest BCUT2D eigenvalue weighted by Crippen LogP contribution is -2.21. The van der Waals surface area contributed by atoms with Crippen molar-refractivity contribution in [3.05, 3.63) is 89.5 Å². The van der Waals surface area contributed by atoms with Gasteiger partial charge in [0.15, 0.2) is 5.84 Å². The molecule has 7 nitrogen and oxygen atoms in total. The molecule has 0 atom stereocenters. The highest BCUT2D eigenvalue weighted by molar-refractivity contribution is 6.30. The zero-order chi connectivity index (χ0) is 19.6. The maximum Gasteiger partial charge on any atom is 0.271 e. The van der Waals surface area contributed by atoms with E-state index in [0.717, 1.165) is 5.56 Å². The number of aliphatic imine (C=N–C) groups is 1. The minimum absolute atomic E-state index is 0.0554. The van der Waals surface area contributed by atoms with E-state index < -0.39 is 0 Å². The van der Waals surface area contributed by atoms with Crippen LogP contribution in [0.1, 0.15) is 15.9 Å². The number of carbonyl (C=O) groups is 1. The maximum absolute atomic E-state index is 12.2. The lowest BCUT2D eigenvalue weighted by molar-refractivity contribution is 0.0954. The topological polar surface area (TPSA) is 88.8 Å². The Morgan fingerprint density at radius 3 is 2.32 bits per heavy atom. The minimum atomic E-state index is -0.370. The van der Waals surface area contributed by atoms with E-state index in [9.17, 15) is 4.79 Å². The van der Waals surface area contributed by atoms with E-state index in [-0.39, 0.29) is 18.3 Å². The molecule has 0 aliphatic rings. The summed E-state index contributed by atoms with van der Waals surface area (Å²) in [6.07, 6.45) is 8.00. The smallest absolute Gasteiger partial charge is 0.271 e. The fraction of sp³-hybridized carbons (Fsp3) is 0.0500. The Labute approximate surface area is 166 Å². The number of pyridine rings is 2. The molecule has 3 rings (SSSR count). The number of ether oxygens (including phenoxy) is 1. The molecule has 1 aromatic carbocycles. The number of amidine groups is 1. The number of amides is 1. The van der Waals surface area contributed by atoms with Crippen molar-refractivity contribution in [1.82, 2.24) is 15.4 Å². The highest BCUT2D eigenvalue weighted by Crippen LogP contribution is 2.15. The van der Waals surface area contributed by atoms with E-state index in [2.05, 4.69) is 25.5 Å². The van der Waals surface area contributed by atoms with Crippen LogP contribution in [-0.2, 0) is 0 Å². The van der Waals surface area contributed by atoms with Crippen molar-refractivity contribution in [2.75, 3.05) is 6.61 Å². The first-order chi connectivity index (χ1) is 13.7. The second-order valence-electron chi connectivity index (χ2n) is 5.49. The molecule has 0 saturated carbocycles. The summed E-state index contributed by atoms with van der Waals surface area (Å²) in [5, 5.41) is 4.69.